The maximum atomic E-state index is 12.4. The number of aliphatic hydroxyl groups is 4. The predicted octanol–water partition coefficient (Wildman–Crippen LogP) is -3.72. The number of H-pyrrole nitrogens is 1. The molecule has 5 heterocycles. The van der Waals surface area contributed by atoms with Gasteiger partial charge in [-0.05, 0) is 6.07 Å². The molecule has 3 aromatic rings. The standard InChI is InChI=1S/C21H27N7O15P2/c22-16(33)8-2-1-3-27(4-8)19-14(31)12(29)9(41-19)5-39-44(35,36)43-45(37,38)40-6-10-13(30)15(32)20(42-10)28-7-24-11-17(28)25-21(23)26-18(11)34/h1-4,7,9-10,12-15,19-20,29-32H,5-6H2,(H6-,22,23,25,26,33,34,35,36,37,38)/p+1/t9-,10+,12-,13-,14+,15-,19-,20+/m1/s1. The Kier molecular flexibility index (Phi) is 9.23. The number of anilines is 1. The molecule has 2 saturated heterocycles. The van der Waals surface area contributed by atoms with E-state index in [-0.39, 0.29) is 22.7 Å². The third-order valence-corrected chi connectivity index (χ3v) is 9.41. The van der Waals surface area contributed by atoms with E-state index >= 15 is 0 Å². The second-order valence-corrected chi connectivity index (χ2v) is 12.9. The van der Waals surface area contributed by atoms with Crippen LogP contribution in [-0.2, 0) is 32.0 Å². The number of aliphatic hydroxyl groups excluding tert-OH is 4. The summed E-state index contributed by atoms with van der Waals surface area (Å²) in [4.78, 5) is 53.5. The van der Waals surface area contributed by atoms with Crippen LogP contribution in [0.2, 0.25) is 0 Å². The van der Waals surface area contributed by atoms with Crippen molar-refractivity contribution in [3.63, 3.8) is 0 Å². The predicted molar refractivity (Wildman–Crippen MR) is 142 cm³/mol. The fourth-order valence-electron chi connectivity index (χ4n) is 4.65. The minimum absolute atomic E-state index is 0.0593. The highest BCUT2D eigenvalue weighted by Gasteiger charge is 2.50. The number of nitrogen functional groups attached to an aromatic ring is 1. The summed E-state index contributed by atoms with van der Waals surface area (Å²) in [6.07, 6.45) is -8.59. The molecule has 0 spiro atoms. The normalized spacial score (nSPS) is 31.2. The summed E-state index contributed by atoms with van der Waals surface area (Å²) in [6.45, 7) is -1.87. The van der Waals surface area contributed by atoms with Crippen LogP contribution < -0.4 is 21.6 Å². The number of nitrogens with one attached hydrogen (secondary N) is 1. The van der Waals surface area contributed by atoms with Crippen LogP contribution in [0, 0.1) is 0 Å². The molecule has 0 aliphatic carbocycles. The summed E-state index contributed by atoms with van der Waals surface area (Å²) >= 11 is 0. The third-order valence-electron chi connectivity index (χ3n) is 6.81. The van der Waals surface area contributed by atoms with Crippen LogP contribution in [0.3, 0.4) is 0 Å². The zero-order valence-corrected chi connectivity index (χ0v) is 24.4. The van der Waals surface area contributed by atoms with Crippen LogP contribution in [0.4, 0.5) is 5.95 Å². The third kappa shape index (κ3) is 6.98. The highest BCUT2D eigenvalue weighted by Crippen LogP contribution is 2.60. The number of aromatic nitrogens is 5. The van der Waals surface area contributed by atoms with E-state index in [1.165, 1.54) is 29.1 Å². The summed E-state index contributed by atoms with van der Waals surface area (Å²) < 4.78 is 51.7. The van der Waals surface area contributed by atoms with E-state index in [0.717, 1.165) is 10.9 Å². The Labute approximate surface area is 250 Å². The molecular weight excluding hydrogens is 652 g/mol. The first-order valence-electron chi connectivity index (χ1n) is 12.8. The van der Waals surface area contributed by atoms with Gasteiger partial charge in [-0.25, -0.2) is 14.1 Å². The Bertz CT molecular complexity index is 1740. The van der Waals surface area contributed by atoms with E-state index in [1.807, 2.05) is 0 Å². The molecule has 45 heavy (non-hydrogen) atoms. The van der Waals surface area contributed by atoms with Gasteiger partial charge < -0.3 is 51.2 Å². The van der Waals surface area contributed by atoms with Crippen LogP contribution in [0.15, 0.2) is 35.6 Å². The lowest BCUT2D eigenvalue weighted by atomic mass is 10.1. The van der Waals surface area contributed by atoms with Crippen molar-refractivity contribution in [2.75, 3.05) is 18.9 Å². The molecule has 5 rings (SSSR count). The molecule has 24 heteroatoms. The largest absolute Gasteiger partial charge is 0.481 e. The Balaban J connectivity index is 1.17. The first kappa shape index (κ1) is 33.2. The first-order chi connectivity index (χ1) is 21.1. The number of hydrogen-bond acceptors (Lipinski definition) is 16. The second-order valence-electron chi connectivity index (χ2n) is 9.88. The summed E-state index contributed by atoms with van der Waals surface area (Å²) in [5, 5.41) is 41.6. The number of amides is 1. The molecule has 11 N–H and O–H groups in total. The van der Waals surface area contributed by atoms with Crippen LogP contribution in [-0.4, -0.2) is 105 Å². The number of rotatable bonds is 11. The van der Waals surface area contributed by atoms with Crippen molar-refractivity contribution in [1.29, 1.82) is 0 Å². The number of hydrogen-bond donors (Lipinski definition) is 9. The minimum Gasteiger partial charge on any atom is -0.387 e. The molecule has 2 aliphatic heterocycles. The van der Waals surface area contributed by atoms with Crippen molar-refractivity contribution < 1.29 is 71.5 Å². The average Bonchev–Trinajstić information content (AvgIpc) is 3.60. The van der Waals surface area contributed by atoms with Gasteiger partial charge in [-0.15, -0.1) is 0 Å². The van der Waals surface area contributed by atoms with E-state index in [4.69, 9.17) is 20.9 Å². The van der Waals surface area contributed by atoms with Gasteiger partial charge in [0.2, 0.25) is 5.95 Å². The maximum absolute atomic E-state index is 12.4. The number of aromatic amines is 1. The van der Waals surface area contributed by atoms with Crippen molar-refractivity contribution in [2.45, 2.75) is 49.1 Å². The average molecular weight is 680 g/mol. The smallest absolute Gasteiger partial charge is 0.387 e. The second kappa shape index (κ2) is 12.5. The molecule has 1 amide bonds. The van der Waals surface area contributed by atoms with Gasteiger partial charge in [0.1, 0.15) is 36.1 Å². The number of carbonyl (C=O) groups excluding carboxylic acids is 1. The van der Waals surface area contributed by atoms with E-state index in [2.05, 4.69) is 28.3 Å². The van der Waals surface area contributed by atoms with E-state index in [1.54, 1.807) is 0 Å². The molecule has 2 aliphatic rings. The lowest BCUT2D eigenvalue weighted by molar-refractivity contribution is -0.765. The summed E-state index contributed by atoms with van der Waals surface area (Å²) in [6, 6.07) is 2.82. The fourth-order valence-corrected chi connectivity index (χ4v) is 6.74. The number of imidazole rings is 1. The van der Waals surface area contributed by atoms with Crippen molar-refractivity contribution in [2.24, 2.45) is 5.73 Å². The number of phosphoric ester groups is 2. The maximum Gasteiger partial charge on any atom is 0.481 e. The number of primary amides is 1. The van der Waals surface area contributed by atoms with E-state index < -0.39 is 89.4 Å². The van der Waals surface area contributed by atoms with Crippen LogP contribution in [0.1, 0.15) is 22.8 Å². The van der Waals surface area contributed by atoms with Gasteiger partial charge in [0.05, 0.1) is 19.5 Å². The molecule has 0 bridgehead atoms. The van der Waals surface area contributed by atoms with Crippen molar-refractivity contribution in [3.8, 4) is 0 Å². The van der Waals surface area contributed by atoms with Crippen LogP contribution >= 0.6 is 15.6 Å². The van der Waals surface area contributed by atoms with Gasteiger partial charge in [-0.3, -0.25) is 28.2 Å². The van der Waals surface area contributed by atoms with Crippen LogP contribution in [0.25, 0.3) is 11.2 Å². The van der Waals surface area contributed by atoms with E-state index in [0.29, 0.717) is 0 Å². The van der Waals surface area contributed by atoms with Gasteiger partial charge in [0.25, 0.3) is 17.7 Å². The monoisotopic (exact) mass is 680 g/mol. The summed E-state index contributed by atoms with van der Waals surface area (Å²) in [5.74, 6) is -1.04. The zero-order valence-electron chi connectivity index (χ0n) is 22.6. The number of nitrogens with two attached hydrogens (primary N) is 2. The minimum atomic E-state index is -5.41. The molecule has 0 radical (unpaired) electrons. The first-order valence-corrected chi connectivity index (χ1v) is 15.8. The molecular formula is C21H28N7O15P2+. The molecule has 3 aromatic heterocycles. The highest BCUT2D eigenvalue weighted by atomic mass is 31.3. The Morgan fingerprint density at radius 1 is 1.04 bits per heavy atom. The van der Waals surface area contributed by atoms with Crippen molar-refractivity contribution in [3.05, 3.63) is 46.8 Å². The van der Waals surface area contributed by atoms with Gasteiger partial charge in [0, 0.05) is 6.07 Å². The Hall–Kier alpha value is -3.21. The highest BCUT2D eigenvalue weighted by molar-refractivity contribution is 7.61. The number of phosphoric acid groups is 2. The molecule has 2 unspecified atom stereocenters. The number of fused-ring (bicyclic) bond motifs is 1. The SMILES string of the molecule is NC(=O)c1ccc[n+]([C@@H]2O[C@H](COP(=O)(O)OP(=O)(O)OC[C@@H]3O[C@H](n4cnc5c(=O)[nH]c(N)nc54)[C@H](O)[C@@H]3O)[C@@H](O)[C@@H]2O)c1. The molecule has 0 saturated carbocycles. The summed E-state index contributed by atoms with van der Waals surface area (Å²) in [5.41, 5.74) is 9.91. The molecule has 22 nitrogen and oxygen atoms in total. The number of nitrogens with zero attached hydrogens (tertiary/aromatic N) is 4. The van der Waals surface area contributed by atoms with Gasteiger partial charge in [0.15, 0.2) is 35.9 Å². The molecule has 2 fully saturated rings. The van der Waals surface area contributed by atoms with E-state index in [9.17, 15) is 48.9 Å². The lowest BCUT2D eigenvalue weighted by Crippen LogP contribution is -2.46. The number of ether oxygens (including phenoxy) is 2. The van der Waals surface area contributed by atoms with Crippen molar-refractivity contribution >= 4 is 38.7 Å². The van der Waals surface area contributed by atoms with Gasteiger partial charge in [-0.2, -0.15) is 13.9 Å². The Morgan fingerprint density at radius 2 is 1.67 bits per heavy atom. The van der Waals surface area contributed by atoms with Gasteiger partial charge >= 0.3 is 15.6 Å². The Morgan fingerprint density at radius 3 is 2.31 bits per heavy atom. The fraction of sp³-hybridized carbons (Fsp3) is 0.476. The summed E-state index contributed by atoms with van der Waals surface area (Å²) in [7, 11) is -10.8. The molecule has 0 aromatic carbocycles. The molecule has 10 atom stereocenters. The lowest BCUT2D eigenvalue weighted by Gasteiger charge is -2.20. The van der Waals surface area contributed by atoms with Crippen LogP contribution in [0.5, 0.6) is 0 Å². The van der Waals surface area contributed by atoms with Crippen molar-refractivity contribution in [1.82, 2.24) is 19.5 Å². The zero-order chi connectivity index (χ0) is 32.8. The van der Waals surface area contributed by atoms with Gasteiger partial charge in [-0.1, -0.05) is 0 Å². The topological polar surface area (TPSA) is 338 Å². The quantitative estimate of drug-likeness (QED) is 0.0694. The number of carbonyl (C=O) groups is 1. The number of pyridine rings is 1. The molecule has 246 valence electrons.